The second-order valence-electron chi connectivity index (χ2n) is 4.93. The van der Waals surface area contributed by atoms with Crippen LogP contribution in [0.15, 0.2) is 24.3 Å². The maximum atomic E-state index is 12.2. The summed E-state index contributed by atoms with van der Waals surface area (Å²) in [7, 11) is 0. The number of nitrogens with two attached hydrogens (primary N) is 1. The van der Waals surface area contributed by atoms with E-state index in [9.17, 15) is 14.7 Å². The third-order valence-electron chi connectivity index (χ3n) is 3.59. The molecule has 1 amide bonds. The Kier molecular flexibility index (Phi) is 3.85. The average Bonchev–Trinajstić information content (AvgIpc) is 2.44. The molecule has 1 aromatic rings. The molecule has 5 nitrogen and oxygen atoms in total. The van der Waals surface area contributed by atoms with Crippen molar-refractivity contribution in [3.05, 3.63) is 35.4 Å². The van der Waals surface area contributed by atoms with Crippen LogP contribution < -0.4 is 5.73 Å². The maximum absolute atomic E-state index is 12.2. The number of fused-ring (bicyclic) bond motifs is 1. The average molecular weight is 262 g/mol. The number of amides is 1. The van der Waals surface area contributed by atoms with Crippen LogP contribution in [0.5, 0.6) is 0 Å². The molecule has 3 N–H and O–H groups in total. The highest BCUT2D eigenvalue weighted by Crippen LogP contribution is 2.24. The Balaban J connectivity index is 2.31. The Hall–Kier alpha value is -1.88. The van der Waals surface area contributed by atoms with Crippen LogP contribution in [-0.2, 0) is 22.6 Å². The van der Waals surface area contributed by atoms with E-state index in [0.29, 0.717) is 13.0 Å². The van der Waals surface area contributed by atoms with Crippen LogP contribution in [0.4, 0.5) is 0 Å². The molecular weight excluding hydrogens is 244 g/mol. The van der Waals surface area contributed by atoms with Gasteiger partial charge in [0.1, 0.15) is 6.04 Å². The van der Waals surface area contributed by atoms with Crippen LogP contribution in [0.1, 0.15) is 18.1 Å². The molecule has 0 aliphatic carbocycles. The fourth-order valence-corrected chi connectivity index (χ4v) is 2.36. The van der Waals surface area contributed by atoms with E-state index in [2.05, 4.69) is 0 Å². The van der Waals surface area contributed by atoms with Gasteiger partial charge >= 0.3 is 5.97 Å². The highest BCUT2D eigenvalue weighted by molar-refractivity contribution is 5.85. The van der Waals surface area contributed by atoms with E-state index in [0.717, 1.165) is 11.1 Å². The van der Waals surface area contributed by atoms with Gasteiger partial charge in [-0.15, -0.1) is 0 Å². The van der Waals surface area contributed by atoms with Crippen molar-refractivity contribution in [3.63, 3.8) is 0 Å². The number of carboxylic acid groups (broad SMARTS) is 1. The zero-order chi connectivity index (χ0) is 14.0. The first-order valence-electron chi connectivity index (χ1n) is 6.34. The first-order valence-corrected chi connectivity index (χ1v) is 6.34. The lowest BCUT2D eigenvalue weighted by Gasteiger charge is -2.35. The van der Waals surface area contributed by atoms with Gasteiger partial charge in [-0.1, -0.05) is 31.2 Å². The highest BCUT2D eigenvalue weighted by atomic mass is 16.4. The third kappa shape index (κ3) is 2.61. The quantitative estimate of drug-likeness (QED) is 0.836. The van der Waals surface area contributed by atoms with Crippen LogP contribution in [0.2, 0.25) is 0 Å². The fraction of sp³-hybridized carbons (Fsp3) is 0.429. The molecule has 1 aromatic carbocycles. The van der Waals surface area contributed by atoms with Crippen LogP contribution >= 0.6 is 0 Å². The summed E-state index contributed by atoms with van der Waals surface area (Å²) in [4.78, 5) is 25.0. The number of carboxylic acids is 1. The molecule has 1 heterocycles. The van der Waals surface area contributed by atoms with Crippen molar-refractivity contribution in [1.82, 2.24) is 4.90 Å². The fourth-order valence-electron chi connectivity index (χ4n) is 2.36. The van der Waals surface area contributed by atoms with E-state index in [1.165, 1.54) is 4.90 Å². The lowest BCUT2D eigenvalue weighted by Crippen LogP contribution is -2.51. The number of rotatable bonds is 3. The molecule has 19 heavy (non-hydrogen) atoms. The number of nitrogens with zero attached hydrogens (tertiary/aromatic N) is 1. The second-order valence-corrected chi connectivity index (χ2v) is 4.93. The molecule has 2 rings (SSSR count). The largest absolute Gasteiger partial charge is 0.480 e. The van der Waals surface area contributed by atoms with Gasteiger partial charge in [-0.25, -0.2) is 4.79 Å². The Bertz CT molecular complexity index is 501. The molecule has 0 radical (unpaired) electrons. The first kappa shape index (κ1) is 13.5. The number of carbonyl (C=O) groups excluding carboxylic acids is 1. The molecule has 0 saturated heterocycles. The van der Waals surface area contributed by atoms with Crippen molar-refractivity contribution in [2.75, 3.05) is 6.54 Å². The summed E-state index contributed by atoms with van der Waals surface area (Å²) >= 11 is 0. The van der Waals surface area contributed by atoms with E-state index in [4.69, 9.17) is 5.73 Å². The zero-order valence-electron chi connectivity index (χ0n) is 10.9. The lowest BCUT2D eigenvalue weighted by molar-refractivity contribution is -0.152. The first-order chi connectivity index (χ1) is 9.04. The number of carbonyl (C=O) groups is 2. The maximum Gasteiger partial charge on any atom is 0.326 e. The predicted molar refractivity (Wildman–Crippen MR) is 70.3 cm³/mol. The molecule has 2 unspecified atom stereocenters. The van der Waals surface area contributed by atoms with Crippen molar-refractivity contribution in [2.24, 2.45) is 11.7 Å². The Morgan fingerprint density at radius 1 is 1.42 bits per heavy atom. The van der Waals surface area contributed by atoms with Gasteiger partial charge in [-0.3, -0.25) is 4.79 Å². The molecule has 1 aliphatic rings. The molecule has 2 atom stereocenters. The van der Waals surface area contributed by atoms with Crippen LogP contribution in [0.3, 0.4) is 0 Å². The normalized spacial score (nSPS) is 19.7. The standard InChI is InChI=1S/C14H18N2O3/c1-9(7-15)13(17)16-8-11-5-3-2-4-10(11)6-12(16)14(18)19/h2-5,9,12H,6-8,15H2,1H3,(H,18,19). The monoisotopic (exact) mass is 262 g/mol. The Labute approximate surface area is 112 Å². The van der Waals surface area contributed by atoms with Gasteiger partial charge in [-0.2, -0.15) is 0 Å². The smallest absolute Gasteiger partial charge is 0.326 e. The van der Waals surface area contributed by atoms with E-state index >= 15 is 0 Å². The molecule has 0 saturated carbocycles. The van der Waals surface area contributed by atoms with E-state index in [-0.39, 0.29) is 18.4 Å². The molecule has 0 aromatic heterocycles. The van der Waals surface area contributed by atoms with E-state index in [1.54, 1.807) is 6.92 Å². The molecule has 0 fully saturated rings. The summed E-state index contributed by atoms with van der Waals surface area (Å²) in [5.74, 6) is -1.51. The Morgan fingerprint density at radius 3 is 2.63 bits per heavy atom. The van der Waals surface area contributed by atoms with Crippen molar-refractivity contribution in [1.29, 1.82) is 0 Å². The van der Waals surface area contributed by atoms with E-state index < -0.39 is 12.0 Å². The third-order valence-corrected chi connectivity index (χ3v) is 3.59. The summed E-state index contributed by atoms with van der Waals surface area (Å²) in [5.41, 5.74) is 7.51. The van der Waals surface area contributed by atoms with Crippen molar-refractivity contribution < 1.29 is 14.7 Å². The summed E-state index contributed by atoms with van der Waals surface area (Å²) in [6.07, 6.45) is 0.356. The minimum Gasteiger partial charge on any atom is -0.480 e. The van der Waals surface area contributed by atoms with Gasteiger partial charge in [0.15, 0.2) is 0 Å². The molecule has 102 valence electrons. The summed E-state index contributed by atoms with van der Waals surface area (Å²) in [6.45, 7) is 2.29. The summed E-state index contributed by atoms with van der Waals surface area (Å²) in [5, 5.41) is 9.31. The van der Waals surface area contributed by atoms with Gasteiger partial charge < -0.3 is 15.7 Å². The zero-order valence-corrected chi connectivity index (χ0v) is 10.9. The summed E-state index contributed by atoms with van der Waals surface area (Å²) in [6, 6.07) is 6.84. The van der Waals surface area contributed by atoms with Crippen LogP contribution in [0.25, 0.3) is 0 Å². The van der Waals surface area contributed by atoms with Gasteiger partial charge in [0, 0.05) is 25.4 Å². The van der Waals surface area contributed by atoms with Gasteiger partial charge in [-0.05, 0) is 11.1 Å². The lowest BCUT2D eigenvalue weighted by atomic mass is 9.93. The van der Waals surface area contributed by atoms with Crippen molar-refractivity contribution in [2.45, 2.75) is 25.9 Å². The molecular formula is C14H18N2O3. The number of hydrogen-bond donors (Lipinski definition) is 2. The highest BCUT2D eigenvalue weighted by Gasteiger charge is 2.35. The molecule has 0 spiro atoms. The predicted octanol–water partition coefficient (Wildman–Crippen LogP) is 0.619. The summed E-state index contributed by atoms with van der Waals surface area (Å²) < 4.78 is 0. The molecule has 1 aliphatic heterocycles. The van der Waals surface area contributed by atoms with Crippen molar-refractivity contribution in [3.8, 4) is 0 Å². The Morgan fingerprint density at radius 2 is 2.05 bits per heavy atom. The van der Waals surface area contributed by atoms with E-state index in [1.807, 2.05) is 24.3 Å². The van der Waals surface area contributed by atoms with Crippen LogP contribution in [-0.4, -0.2) is 34.5 Å². The van der Waals surface area contributed by atoms with Gasteiger partial charge in [0.2, 0.25) is 5.91 Å². The van der Waals surface area contributed by atoms with Crippen molar-refractivity contribution >= 4 is 11.9 Å². The number of aliphatic carboxylic acids is 1. The van der Waals surface area contributed by atoms with Gasteiger partial charge in [0.05, 0.1) is 0 Å². The molecule has 0 bridgehead atoms. The SMILES string of the molecule is CC(CN)C(=O)N1Cc2ccccc2CC1C(=O)O. The minimum absolute atomic E-state index is 0.190. The van der Waals surface area contributed by atoms with Crippen LogP contribution in [0, 0.1) is 5.92 Å². The second kappa shape index (κ2) is 5.40. The minimum atomic E-state index is -0.966. The number of benzene rings is 1. The van der Waals surface area contributed by atoms with Gasteiger partial charge in [0.25, 0.3) is 0 Å². The molecule has 5 heteroatoms. The number of hydrogen-bond acceptors (Lipinski definition) is 3. The topological polar surface area (TPSA) is 83.6 Å².